The summed E-state index contributed by atoms with van der Waals surface area (Å²) in [6, 6.07) is 31.0. The number of anilines is 1. The lowest BCUT2D eigenvalue weighted by molar-refractivity contribution is -0.139. The molecule has 4 aromatic rings. The van der Waals surface area contributed by atoms with Crippen LogP contribution in [-0.2, 0) is 22.6 Å². The van der Waals surface area contributed by atoms with E-state index in [0.717, 1.165) is 16.7 Å². The molecule has 0 saturated heterocycles. The van der Waals surface area contributed by atoms with Crippen LogP contribution in [0.25, 0.3) is 0 Å². The molecule has 6 nitrogen and oxygen atoms in total. The molecule has 6 heteroatoms. The molecule has 0 spiro atoms. The second kappa shape index (κ2) is 12.6. The van der Waals surface area contributed by atoms with E-state index in [2.05, 4.69) is 5.32 Å². The SMILES string of the molecule is COc1ccc(NC(=O)C(c2cccc(OC)c2)N(Cc2ccc(C)cc2)C(=O)Cc2ccccc2)cc1. The highest BCUT2D eigenvalue weighted by molar-refractivity contribution is 5.98. The number of nitrogens with one attached hydrogen (secondary N) is 1. The number of aryl methyl sites for hydroxylation is 1. The molecule has 38 heavy (non-hydrogen) atoms. The van der Waals surface area contributed by atoms with Gasteiger partial charge in [0.1, 0.15) is 17.5 Å². The largest absolute Gasteiger partial charge is 0.497 e. The Morgan fingerprint density at radius 2 is 1.45 bits per heavy atom. The maximum absolute atomic E-state index is 13.9. The molecule has 0 aliphatic carbocycles. The highest BCUT2D eigenvalue weighted by Gasteiger charge is 2.32. The van der Waals surface area contributed by atoms with Crippen LogP contribution in [0.2, 0.25) is 0 Å². The number of carbonyl (C=O) groups excluding carboxylic acids is 2. The first kappa shape index (κ1) is 26.5. The summed E-state index contributed by atoms with van der Waals surface area (Å²) in [5.41, 5.74) is 4.20. The highest BCUT2D eigenvalue weighted by Crippen LogP contribution is 2.29. The van der Waals surface area contributed by atoms with Gasteiger partial charge in [-0.25, -0.2) is 0 Å². The average molecular weight is 509 g/mol. The highest BCUT2D eigenvalue weighted by atomic mass is 16.5. The molecule has 4 aromatic carbocycles. The molecular weight excluding hydrogens is 476 g/mol. The van der Waals surface area contributed by atoms with Crippen molar-refractivity contribution in [2.75, 3.05) is 19.5 Å². The van der Waals surface area contributed by atoms with Crippen molar-refractivity contribution in [2.45, 2.75) is 25.9 Å². The van der Waals surface area contributed by atoms with Crippen LogP contribution in [0.4, 0.5) is 5.69 Å². The minimum Gasteiger partial charge on any atom is -0.497 e. The van der Waals surface area contributed by atoms with E-state index in [1.165, 1.54) is 0 Å². The minimum absolute atomic E-state index is 0.158. The van der Waals surface area contributed by atoms with Gasteiger partial charge in [0.2, 0.25) is 5.91 Å². The Bertz CT molecular complexity index is 1350. The number of ether oxygens (including phenoxy) is 2. The molecule has 4 rings (SSSR count). The van der Waals surface area contributed by atoms with Crippen molar-refractivity contribution >= 4 is 17.5 Å². The van der Waals surface area contributed by atoms with Crippen LogP contribution in [0.3, 0.4) is 0 Å². The van der Waals surface area contributed by atoms with E-state index in [0.29, 0.717) is 22.7 Å². The fraction of sp³-hybridized carbons (Fsp3) is 0.188. The molecule has 0 aliphatic rings. The van der Waals surface area contributed by atoms with Gasteiger partial charge in [-0.2, -0.15) is 0 Å². The Morgan fingerprint density at radius 1 is 0.763 bits per heavy atom. The first-order chi connectivity index (χ1) is 18.5. The van der Waals surface area contributed by atoms with Gasteiger partial charge in [-0.3, -0.25) is 9.59 Å². The van der Waals surface area contributed by atoms with Gasteiger partial charge in [-0.15, -0.1) is 0 Å². The van der Waals surface area contributed by atoms with E-state index in [1.54, 1.807) is 49.5 Å². The van der Waals surface area contributed by atoms with Crippen LogP contribution in [0.1, 0.15) is 28.3 Å². The summed E-state index contributed by atoms with van der Waals surface area (Å²) >= 11 is 0. The zero-order valence-corrected chi connectivity index (χ0v) is 21.9. The van der Waals surface area contributed by atoms with Gasteiger partial charge in [0, 0.05) is 12.2 Å². The molecular formula is C32H32N2O4. The van der Waals surface area contributed by atoms with Crippen molar-refractivity contribution in [3.8, 4) is 11.5 Å². The third kappa shape index (κ3) is 6.79. The van der Waals surface area contributed by atoms with Gasteiger partial charge in [-0.05, 0) is 60.0 Å². The van der Waals surface area contributed by atoms with E-state index in [-0.39, 0.29) is 24.8 Å². The third-order valence-corrected chi connectivity index (χ3v) is 6.32. The van der Waals surface area contributed by atoms with Crippen LogP contribution in [0.5, 0.6) is 11.5 Å². The summed E-state index contributed by atoms with van der Waals surface area (Å²) in [5.74, 6) is 0.813. The van der Waals surface area contributed by atoms with E-state index in [4.69, 9.17) is 9.47 Å². The lowest BCUT2D eigenvalue weighted by atomic mass is 10.0. The standard InChI is InChI=1S/C32H32N2O4/c1-23-12-14-25(15-13-23)22-34(30(35)20-24-8-5-4-6-9-24)31(26-10-7-11-29(21-26)38-3)32(36)33-27-16-18-28(37-2)19-17-27/h4-19,21,31H,20,22H2,1-3H3,(H,33,36). The molecule has 0 bridgehead atoms. The molecule has 0 saturated carbocycles. The van der Waals surface area contributed by atoms with Gasteiger partial charge < -0.3 is 19.7 Å². The van der Waals surface area contributed by atoms with Gasteiger partial charge in [-0.1, -0.05) is 72.3 Å². The monoisotopic (exact) mass is 508 g/mol. The molecule has 2 amide bonds. The van der Waals surface area contributed by atoms with Crippen molar-refractivity contribution in [2.24, 2.45) is 0 Å². The number of nitrogens with zero attached hydrogens (tertiary/aromatic N) is 1. The van der Waals surface area contributed by atoms with Crippen molar-refractivity contribution in [3.05, 3.63) is 125 Å². The summed E-state index contributed by atoms with van der Waals surface area (Å²) in [6.45, 7) is 2.29. The lowest BCUT2D eigenvalue weighted by Gasteiger charge is -2.32. The smallest absolute Gasteiger partial charge is 0.251 e. The van der Waals surface area contributed by atoms with E-state index in [1.807, 2.05) is 79.7 Å². The molecule has 1 atom stereocenters. The Morgan fingerprint density at radius 3 is 2.11 bits per heavy atom. The van der Waals surface area contributed by atoms with Crippen LogP contribution >= 0.6 is 0 Å². The van der Waals surface area contributed by atoms with Gasteiger partial charge in [0.15, 0.2) is 0 Å². The number of rotatable bonds is 10. The number of benzene rings is 4. The molecule has 1 unspecified atom stereocenters. The number of methoxy groups -OCH3 is 2. The lowest BCUT2D eigenvalue weighted by Crippen LogP contribution is -2.41. The van der Waals surface area contributed by atoms with Crippen molar-refractivity contribution in [1.29, 1.82) is 0 Å². The second-order valence-corrected chi connectivity index (χ2v) is 9.07. The van der Waals surface area contributed by atoms with Gasteiger partial charge in [0.25, 0.3) is 5.91 Å². The molecule has 0 heterocycles. The van der Waals surface area contributed by atoms with Crippen LogP contribution in [0.15, 0.2) is 103 Å². The Hall–Kier alpha value is -4.58. The second-order valence-electron chi connectivity index (χ2n) is 9.07. The fourth-order valence-electron chi connectivity index (χ4n) is 4.26. The van der Waals surface area contributed by atoms with Crippen LogP contribution < -0.4 is 14.8 Å². The first-order valence-electron chi connectivity index (χ1n) is 12.4. The Balaban J connectivity index is 1.74. The summed E-state index contributed by atoms with van der Waals surface area (Å²) in [7, 11) is 3.17. The zero-order valence-electron chi connectivity index (χ0n) is 21.9. The molecule has 0 radical (unpaired) electrons. The molecule has 0 aromatic heterocycles. The normalized spacial score (nSPS) is 11.3. The van der Waals surface area contributed by atoms with Crippen LogP contribution in [-0.4, -0.2) is 30.9 Å². The average Bonchev–Trinajstić information content (AvgIpc) is 2.95. The minimum atomic E-state index is -0.898. The van der Waals surface area contributed by atoms with E-state index < -0.39 is 6.04 Å². The summed E-state index contributed by atoms with van der Waals surface area (Å²) in [6.07, 6.45) is 0.170. The number of hydrogen-bond donors (Lipinski definition) is 1. The molecule has 194 valence electrons. The predicted octanol–water partition coefficient (Wildman–Crippen LogP) is 5.96. The maximum Gasteiger partial charge on any atom is 0.251 e. The molecule has 1 N–H and O–H groups in total. The summed E-state index contributed by atoms with van der Waals surface area (Å²) < 4.78 is 10.7. The Kier molecular flexibility index (Phi) is 8.77. The predicted molar refractivity (Wildman–Crippen MR) is 149 cm³/mol. The topological polar surface area (TPSA) is 67.9 Å². The van der Waals surface area contributed by atoms with Crippen molar-refractivity contribution in [1.82, 2.24) is 4.90 Å². The first-order valence-corrected chi connectivity index (χ1v) is 12.4. The van der Waals surface area contributed by atoms with Gasteiger partial charge in [0.05, 0.1) is 20.6 Å². The fourth-order valence-corrected chi connectivity index (χ4v) is 4.26. The van der Waals surface area contributed by atoms with Crippen molar-refractivity contribution in [3.63, 3.8) is 0 Å². The quantitative estimate of drug-likeness (QED) is 0.287. The maximum atomic E-state index is 13.9. The summed E-state index contributed by atoms with van der Waals surface area (Å²) in [4.78, 5) is 29.5. The third-order valence-electron chi connectivity index (χ3n) is 6.32. The number of carbonyl (C=O) groups is 2. The number of hydrogen-bond acceptors (Lipinski definition) is 4. The zero-order chi connectivity index (χ0) is 26.9. The molecule has 0 aliphatic heterocycles. The van der Waals surface area contributed by atoms with Crippen molar-refractivity contribution < 1.29 is 19.1 Å². The number of amides is 2. The Labute approximate surface area is 223 Å². The van der Waals surface area contributed by atoms with Crippen LogP contribution in [0, 0.1) is 6.92 Å². The summed E-state index contributed by atoms with van der Waals surface area (Å²) in [5, 5.41) is 2.99. The van der Waals surface area contributed by atoms with E-state index >= 15 is 0 Å². The van der Waals surface area contributed by atoms with Gasteiger partial charge >= 0.3 is 0 Å². The van der Waals surface area contributed by atoms with E-state index in [9.17, 15) is 9.59 Å². The molecule has 0 fully saturated rings.